The molecule has 1 N–H and O–H groups in total. The van der Waals surface area contributed by atoms with Gasteiger partial charge in [-0.2, -0.15) is 4.31 Å². The van der Waals surface area contributed by atoms with Gasteiger partial charge in [-0.05, 0) is 32.6 Å². The van der Waals surface area contributed by atoms with Crippen molar-refractivity contribution in [2.24, 2.45) is 5.92 Å². The number of sulfonamides is 1. The first-order valence-corrected chi connectivity index (χ1v) is 11.3. The van der Waals surface area contributed by atoms with Crippen LogP contribution < -0.4 is 5.32 Å². The van der Waals surface area contributed by atoms with Crippen molar-refractivity contribution in [3.05, 3.63) is 17.7 Å². The van der Waals surface area contributed by atoms with Crippen LogP contribution in [0.3, 0.4) is 0 Å². The van der Waals surface area contributed by atoms with Gasteiger partial charge in [0.05, 0.1) is 5.92 Å². The smallest absolute Gasteiger partial charge is 0.248 e. The molecule has 8 nitrogen and oxygen atoms in total. The summed E-state index contributed by atoms with van der Waals surface area (Å²) in [6.07, 6.45) is 9.01. The van der Waals surface area contributed by atoms with E-state index in [9.17, 15) is 13.2 Å². The average Bonchev–Trinajstić information content (AvgIpc) is 3.29. The summed E-state index contributed by atoms with van der Waals surface area (Å²) in [6, 6.07) is 0.238. The summed E-state index contributed by atoms with van der Waals surface area (Å²) in [5.74, 6) is -0.129. The Morgan fingerprint density at radius 2 is 1.96 bits per heavy atom. The molecule has 2 aliphatic rings. The number of nitrogens with zero attached hydrogens (tertiary/aromatic N) is 3. The molecule has 1 aromatic heterocycles. The molecule has 1 unspecified atom stereocenters. The van der Waals surface area contributed by atoms with Gasteiger partial charge in [-0.3, -0.25) is 4.79 Å². The van der Waals surface area contributed by atoms with Gasteiger partial charge in [-0.15, -0.1) is 0 Å². The zero-order chi connectivity index (χ0) is 20.3. The lowest BCUT2D eigenvalue weighted by atomic mass is 9.98. The van der Waals surface area contributed by atoms with Crippen molar-refractivity contribution in [3.8, 4) is 0 Å². The molecule has 1 atom stereocenters. The van der Waals surface area contributed by atoms with Crippen LogP contribution in [0.2, 0.25) is 0 Å². The maximum absolute atomic E-state index is 13.3. The maximum Gasteiger partial charge on any atom is 0.248 e. The van der Waals surface area contributed by atoms with Gasteiger partial charge in [-0.1, -0.05) is 18.0 Å². The third-order valence-electron chi connectivity index (χ3n) is 5.41. The molecule has 156 valence electrons. The topological polar surface area (TPSA) is 95.8 Å². The summed E-state index contributed by atoms with van der Waals surface area (Å²) >= 11 is 0. The first-order chi connectivity index (χ1) is 13.3. The monoisotopic (exact) mass is 410 g/mol. The molecule has 0 bridgehead atoms. The predicted molar refractivity (Wildman–Crippen MR) is 106 cm³/mol. The molecule has 1 saturated carbocycles. The Morgan fingerprint density at radius 3 is 2.64 bits per heavy atom. The molecular weight excluding hydrogens is 380 g/mol. The Bertz CT molecular complexity index is 825. The van der Waals surface area contributed by atoms with Gasteiger partial charge in [0, 0.05) is 45.5 Å². The van der Waals surface area contributed by atoms with Crippen LogP contribution in [0, 0.1) is 12.8 Å². The Labute approximate surface area is 167 Å². The van der Waals surface area contributed by atoms with Crippen molar-refractivity contribution in [1.29, 1.82) is 0 Å². The second-order valence-corrected chi connectivity index (χ2v) is 9.81. The molecule has 2 fully saturated rings. The van der Waals surface area contributed by atoms with Gasteiger partial charge in [-0.25, -0.2) is 8.42 Å². The van der Waals surface area contributed by atoms with Crippen LogP contribution in [0.5, 0.6) is 0 Å². The fourth-order valence-corrected chi connectivity index (χ4v) is 5.68. The third-order valence-corrected chi connectivity index (χ3v) is 7.44. The zero-order valence-electron chi connectivity index (χ0n) is 16.8. The number of aromatic nitrogens is 1. The second kappa shape index (κ2) is 8.65. The Balaban J connectivity index is 1.76. The highest BCUT2D eigenvalue weighted by Gasteiger charge is 2.37. The summed E-state index contributed by atoms with van der Waals surface area (Å²) in [4.78, 5) is 14.5. The number of carbonyl (C=O) groups is 1. The number of nitrogens with one attached hydrogen (secondary N) is 1. The minimum Gasteiger partial charge on any atom is -0.383 e. The normalized spacial score (nSPS) is 22.0. The molecule has 9 heteroatoms. The van der Waals surface area contributed by atoms with Crippen molar-refractivity contribution in [2.75, 3.05) is 27.2 Å². The van der Waals surface area contributed by atoms with E-state index in [0.717, 1.165) is 25.7 Å². The van der Waals surface area contributed by atoms with E-state index in [1.807, 2.05) is 14.1 Å². The number of piperidine rings is 1. The summed E-state index contributed by atoms with van der Waals surface area (Å²) < 4.78 is 33.2. The number of rotatable bonds is 6. The Kier molecular flexibility index (Phi) is 6.44. The summed E-state index contributed by atoms with van der Waals surface area (Å²) in [7, 11) is -0.116. The van der Waals surface area contributed by atoms with Gasteiger partial charge in [0.2, 0.25) is 15.9 Å². The number of aryl methyl sites for hydroxylation is 1. The van der Waals surface area contributed by atoms with E-state index in [-0.39, 0.29) is 35.1 Å². The number of carbonyl (C=O) groups excluding carboxylic acids is 1. The first kappa shape index (κ1) is 20.9. The molecule has 0 aromatic carbocycles. The number of hydrogen-bond acceptors (Lipinski definition) is 6. The molecule has 1 amide bonds. The minimum atomic E-state index is -3.79. The van der Waals surface area contributed by atoms with Gasteiger partial charge >= 0.3 is 0 Å². The molecular formula is C19H30N4O4S. The van der Waals surface area contributed by atoms with Gasteiger partial charge < -0.3 is 14.7 Å². The van der Waals surface area contributed by atoms with Crippen molar-refractivity contribution < 1.29 is 17.7 Å². The van der Waals surface area contributed by atoms with Crippen LogP contribution in [0.1, 0.15) is 50.0 Å². The van der Waals surface area contributed by atoms with Crippen molar-refractivity contribution in [1.82, 2.24) is 19.7 Å². The quantitative estimate of drug-likeness (QED) is 0.770. The molecule has 1 aliphatic heterocycles. The third kappa shape index (κ3) is 4.57. The van der Waals surface area contributed by atoms with Crippen LogP contribution in [0.4, 0.5) is 0 Å². The van der Waals surface area contributed by atoms with Crippen LogP contribution in [0.15, 0.2) is 15.6 Å². The lowest BCUT2D eigenvalue weighted by molar-refractivity contribution is -0.126. The number of amides is 1. The average molecular weight is 411 g/mol. The van der Waals surface area contributed by atoms with Crippen molar-refractivity contribution >= 4 is 22.0 Å². The summed E-state index contributed by atoms with van der Waals surface area (Å²) in [5.41, 5.74) is 0.330. The van der Waals surface area contributed by atoms with Crippen molar-refractivity contribution in [3.63, 3.8) is 0 Å². The van der Waals surface area contributed by atoms with E-state index in [0.29, 0.717) is 25.1 Å². The highest BCUT2D eigenvalue weighted by Crippen LogP contribution is 2.29. The minimum absolute atomic E-state index is 0.0263. The van der Waals surface area contributed by atoms with Gasteiger partial charge in [0.25, 0.3) is 0 Å². The van der Waals surface area contributed by atoms with Crippen LogP contribution in [-0.2, 0) is 14.8 Å². The maximum atomic E-state index is 13.3. The van der Waals surface area contributed by atoms with E-state index in [1.165, 1.54) is 4.31 Å². The molecule has 1 aliphatic carbocycles. The summed E-state index contributed by atoms with van der Waals surface area (Å²) in [5, 5.41) is 6.95. The molecule has 1 saturated heterocycles. The second-order valence-electron chi connectivity index (χ2n) is 7.93. The number of hydrogen-bond donors (Lipinski definition) is 1. The summed E-state index contributed by atoms with van der Waals surface area (Å²) in [6.45, 7) is 2.22. The molecule has 28 heavy (non-hydrogen) atoms. The van der Waals surface area contributed by atoms with Crippen LogP contribution >= 0.6 is 0 Å². The lowest BCUT2D eigenvalue weighted by Crippen LogP contribution is -2.47. The molecule has 3 rings (SSSR count). The molecule has 0 spiro atoms. The predicted octanol–water partition coefficient (Wildman–Crippen LogP) is 1.97. The SMILES string of the molecule is Cc1noc(C=CN(C)C)c1S(=O)(=O)N1CCCC(C(=O)NC2CCCC2)C1. The fourth-order valence-electron chi connectivity index (χ4n) is 3.91. The standard InChI is InChI=1S/C19H30N4O4S/c1-14-18(17(27-21-14)10-12-22(2)3)28(25,26)23-11-6-7-15(13-23)19(24)20-16-8-4-5-9-16/h10,12,15-16H,4-9,11,13H2,1-3H3,(H,20,24). The Hall–Kier alpha value is -1.87. The highest BCUT2D eigenvalue weighted by molar-refractivity contribution is 7.89. The fraction of sp³-hybridized carbons (Fsp3) is 0.684. The zero-order valence-corrected chi connectivity index (χ0v) is 17.7. The molecule has 1 aromatic rings. The van der Waals surface area contributed by atoms with Gasteiger partial charge in [0.15, 0.2) is 10.7 Å². The van der Waals surface area contributed by atoms with Gasteiger partial charge in [0.1, 0.15) is 5.69 Å². The van der Waals surface area contributed by atoms with Crippen LogP contribution in [0.25, 0.3) is 6.08 Å². The lowest BCUT2D eigenvalue weighted by Gasteiger charge is -2.31. The molecule has 0 radical (unpaired) electrons. The van der Waals surface area contributed by atoms with Crippen LogP contribution in [-0.4, -0.2) is 61.9 Å². The van der Waals surface area contributed by atoms with E-state index in [4.69, 9.17) is 4.52 Å². The van der Waals surface area contributed by atoms with E-state index < -0.39 is 10.0 Å². The van der Waals surface area contributed by atoms with Crippen molar-refractivity contribution in [2.45, 2.75) is 56.4 Å². The largest absolute Gasteiger partial charge is 0.383 e. The highest BCUT2D eigenvalue weighted by atomic mass is 32.2. The van der Waals surface area contributed by atoms with E-state index in [1.54, 1.807) is 24.1 Å². The Morgan fingerprint density at radius 1 is 1.25 bits per heavy atom. The molecule has 2 heterocycles. The first-order valence-electron chi connectivity index (χ1n) is 9.90. The van der Waals surface area contributed by atoms with E-state index >= 15 is 0 Å². The van der Waals surface area contributed by atoms with E-state index in [2.05, 4.69) is 10.5 Å².